The molecular formula is C14H17FN2OS. The monoisotopic (exact) mass is 280 g/mol. The van der Waals surface area contributed by atoms with E-state index in [9.17, 15) is 9.50 Å². The predicted molar refractivity (Wildman–Crippen MR) is 74.6 cm³/mol. The van der Waals surface area contributed by atoms with Crippen LogP contribution in [0.1, 0.15) is 25.1 Å². The molecule has 0 aliphatic heterocycles. The van der Waals surface area contributed by atoms with Gasteiger partial charge in [-0.1, -0.05) is 13.0 Å². The van der Waals surface area contributed by atoms with Gasteiger partial charge in [0.25, 0.3) is 0 Å². The van der Waals surface area contributed by atoms with E-state index in [0.29, 0.717) is 5.75 Å². The molecule has 0 amide bonds. The predicted octanol–water partition coefficient (Wildman–Crippen LogP) is 3.26. The van der Waals surface area contributed by atoms with E-state index in [0.717, 1.165) is 23.6 Å². The standard InChI is InChI=1S/C14H17FN2OS/c1-2-8-17-13(6-7-16-17)14(18)10-19-12-5-3-4-11(15)9-12/h3-7,9,14,18H,2,8,10H2,1H3. The summed E-state index contributed by atoms with van der Waals surface area (Å²) in [7, 11) is 0. The second kappa shape index (κ2) is 6.73. The summed E-state index contributed by atoms with van der Waals surface area (Å²) in [6, 6.07) is 8.22. The fourth-order valence-corrected chi connectivity index (χ4v) is 2.73. The summed E-state index contributed by atoms with van der Waals surface area (Å²) < 4.78 is 14.9. The van der Waals surface area contributed by atoms with E-state index < -0.39 is 6.10 Å². The zero-order chi connectivity index (χ0) is 13.7. The lowest BCUT2D eigenvalue weighted by Crippen LogP contribution is -2.10. The van der Waals surface area contributed by atoms with Crippen LogP contribution in [0.3, 0.4) is 0 Å². The van der Waals surface area contributed by atoms with Crippen molar-refractivity contribution in [3.05, 3.63) is 48.0 Å². The number of hydrogen-bond acceptors (Lipinski definition) is 3. The average molecular weight is 280 g/mol. The molecule has 0 bridgehead atoms. The van der Waals surface area contributed by atoms with Gasteiger partial charge in [-0.3, -0.25) is 4.68 Å². The zero-order valence-electron chi connectivity index (χ0n) is 10.8. The van der Waals surface area contributed by atoms with Crippen LogP contribution in [-0.4, -0.2) is 20.6 Å². The summed E-state index contributed by atoms with van der Waals surface area (Å²) >= 11 is 1.44. The van der Waals surface area contributed by atoms with Crippen molar-refractivity contribution in [1.29, 1.82) is 0 Å². The van der Waals surface area contributed by atoms with E-state index in [1.165, 1.54) is 23.9 Å². The van der Waals surface area contributed by atoms with Gasteiger partial charge in [-0.2, -0.15) is 5.10 Å². The first-order valence-electron chi connectivity index (χ1n) is 6.29. The molecule has 0 fully saturated rings. The number of benzene rings is 1. The molecule has 0 radical (unpaired) electrons. The molecule has 102 valence electrons. The minimum Gasteiger partial charge on any atom is -0.386 e. The Kier molecular flexibility index (Phi) is 4.99. The van der Waals surface area contributed by atoms with Crippen molar-refractivity contribution in [1.82, 2.24) is 9.78 Å². The number of halogens is 1. The molecule has 1 aromatic heterocycles. The molecule has 1 N–H and O–H groups in total. The minimum atomic E-state index is -0.595. The summed E-state index contributed by atoms with van der Waals surface area (Å²) in [5.74, 6) is 0.231. The van der Waals surface area contributed by atoms with Crippen molar-refractivity contribution in [2.75, 3.05) is 5.75 Å². The highest BCUT2D eigenvalue weighted by atomic mass is 32.2. The highest BCUT2D eigenvalue weighted by Crippen LogP contribution is 2.25. The molecule has 1 unspecified atom stereocenters. The second-order valence-corrected chi connectivity index (χ2v) is 5.36. The first kappa shape index (κ1) is 14.1. The molecule has 5 heteroatoms. The van der Waals surface area contributed by atoms with Crippen LogP contribution < -0.4 is 0 Å². The van der Waals surface area contributed by atoms with Crippen molar-refractivity contribution in [3.8, 4) is 0 Å². The number of thioether (sulfide) groups is 1. The number of aryl methyl sites for hydroxylation is 1. The lowest BCUT2D eigenvalue weighted by atomic mass is 10.3. The molecule has 0 saturated heterocycles. The van der Waals surface area contributed by atoms with Crippen LogP contribution in [0.5, 0.6) is 0 Å². The van der Waals surface area contributed by atoms with Crippen molar-refractivity contribution >= 4 is 11.8 Å². The smallest absolute Gasteiger partial charge is 0.124 e. The molecule has 1 aromatic carbocycles. The number of aromatic nitrogens is 2. The summed E-state index contributed by atoms with van der Waals surface area (Å²) in [5, 5.41) is 14.4. The largest absolute Gasteiger partial charge is 0.386 e. The third kappa shape index (κ3) is 3.81. The lowest BCUT2D eigenvalue weighted by Gasteiger charge is -2.12. The second-order valence-electron chi connectivity index (χ2n) is 4.26. The van der Waals surface area contributed by atoms with Gasteiger partial charge in [-0.05, 0) is 30.7 Å². The maximum Gasteiger partial charge on any atom is 0.124 e. The molecule has 19 heavy (non-hydrogen) atoms. The molecule has 2 rings (SSSR count). The highest BCUT2D eigenvalue weighted by Gasteiger charge is 2.13. The molecule has 1 atom stereocenters. The van der Waals surface area contributed by atoms with Gasteiger partial charge in [0.2, 0.25) is 0 Å². The van der Waals surface area contributed by atoms with Crippen LogP contribution in [0.2, 0.25) is 0 Å². The summed E-state index contributed by atoms with van der Waals surface area (Å²) in [4.78, 5) is 0.820. The Hall–Kier alpha value is -1.33. The Balaban J connectivity index is 1.97. The van der Waals surface area contributed by atoms with Crippen LogP contribution in [0, 0.1) is 5.82 Å². The Bertz CT molecular complexity index is 530. The van der Waals surface area contributed by atoms with E-state index in [1.54, 1.807) is 12.3 Å². The first-order valence-corrected chi connectivity index (χ1v) is 7.27. The van der Waals surface area contributed by atoms with Gasteiger partial charge in [-0.25, -0.2) is 4.39 Å². The summed E-state index contributed by atoms with van der Waals surface area (Å²) in [5.41, 5.74) is 0.811. The van der Waals surface area contributed by atoms with Gasteiger partial charge in [0.1, 0.15) is 11.9 Å². The molecule has 0 aliphatic rings. The van der Waals surface area contributed by atoms with Gasteiger partial charge in [0.05, 0.1) is 5.69 Å². The van der Waals surface area contributed by atoms with Gasteiger partial charge in [0.15, 0.2) is 0 Å². The van der Waals surface area contributed by atoms with Gasteiger partial charge in [-0.15, -0.1) is 11.8 Å². The fraction of sp³-hybridized carbons (Fsp3) is 0.357. The van der Waals surface area contributed by atoms with Gasteiger partial charge < -0.3 is 5.11 Å². The number of rotatable bonds is 6. The Morgan fingerprint density at radius 3 is 3.00 bits per heavy atom. The molecule has 2 aromatic rings. The summed E-state index contributed by atoms with van der Waals surface area (Å²) in [6.07, 6.45) is 2.07. The maximum absolute atomic E-state index is 13.0. The topological polar surface area (TPSA) is 38.0 Å². The average Bonchev–Trinajstić information content (AvgIpc) is 2.85. The zero-order valence-corrected chi connectivity index (χ0v) is 11.6. The van der Waals surface area contributed by atoms with Crippen LogP contribution in [0.4, 0.5) is 4.39 Å². The quantitative estimate of drug-likeness (QED) is 0.825. The third-order valence-electron chi connectivity index (χ3n) is 2.73. The normalized spacial score (nSPS) is 12.6. The maximum atomic E-state index is 13.0. The van der Waals surface area contributed by atoms with E-state index >= 15 is 0 Å². The Morgan fingerprint density at radius 2 is 2.26 bits per heavy atom. The highest BCUT2D eigenvalue weighted by molar-refractivity contribution is 7.99. The molecule has 0 saturated carbocycles. The van der Waals surface area contributed by atoms with Crippen LogP contribution >= 0.6 is 11.8 Å². The fourth-order valence-electron chi connectivity index (χ4n) is 1.84. The lowest BCUT2D eigenvalue weighted by molar-refractivity contribution is 0.191. The minimum absolute atomic E-state index is 0.254. The number of nitrogens with zero attached hydrogens (tertiary/aromatic N) is 2. The van der Waals surface area contributed by atoms with Crippen LogP contribution in [0.15, 0.2) is 41.4 Å². The Morgan fingerprint density at radius 1 is 1.42 bits per heavy atom. The van der Waals surface area contributed by atoms with Gasteiger partial charge >= 0.3 is 0 Å². The molecular weight excluding hydrogens is 263 g/mol. The van der Waals surface area contributed by atoms with E-state index in [4.69, 9.17) is 0 Å². The Labute approximate surface area is 116 Å². The van der Waals surface area contributed by atoms with Crippen LogP contribution in [-0.2, 0) is 6.54 Å². The van der Waals surface area contributed by atoms with E-state index in [2.05, 4.69) is 12.0 Å². The summed E-state index contributed by atoms with van der Waals surface area (Å²) in [6.45, 7) is 2.86. The SMILES string of the molecule is CCCn1nccc1C(O)CSc1cccc(F)c1. The number of hydrogen-bond donors (Lipinski definition) is 1. The number of aliphatic hydroxyl groups excluding tert-OH is 1. The van der Waals surface area contributed by atoms with E-state index in [1.807, 2.05) is 16.8 Å². The van der Waals surface area contributed by atoms with Gasteiger partial charge in [0, 0.05) is 23.4 Å². The first-order chi connectivity index (χ1) is 9.20. The van der Waals surface area contributed by atoms with Crippen molar-refractivity contribution < 1.29 is 9.50 Å². The number of aliphatic hydroxyl groups is 1. The van der Waals surface area contributed by atoms with Crippen molar-refractivity contribution in [2.24, 2.45) is 0 Å². The molecule has 1 heterocycles. The van der Waals surface area contributed by atoms with Crippen molar-refractivity contribution in [2.45, 2.75) is 30.9 Å². The molecule has 0 aliphatic carbocycles. The molecule has 0 spiro atoms. The molecule has 3 nitrogen and oxygen atoms in total. The third-order valence-corrected chi connectivity index (χ3v) is 3.80. The van der Waals surface area contributed by atoms with Crippen LogP contribution in [0.25, 0.3) is 0 Å². The van der Waals surface area contributed by atoms with E-state index in [-0.39, 0.29) is 5.82 Å². The van der Waals surface area contributed by atoms with Crippen molar-refractivity contribution in [3.63, 3.8) is 0 Å².